The van der Waals surface area contributed by atoms with Crippen molar-refractivity contribution in [2.24, 2.45) is 7.05 Å². The fourth-order valence-electron chi connectivity index (χ4n) is 2.19. The van der Waals surface area contributed by atoms with Gasteiger partial charge in [0, 0.05) is 12.6 Å². The maximum Gasteiger partial charge on any atom is 0.124 e. The molecule has 0 bridgehead atoms. The zero-order chi connectivity index (χ0) is 13.8. The molecule has 102 valence electrons. The van der Waals surface area contributed by atoms with Gasteiger partial charge in [-0.15, -0.1) is 0 Å². The third-order valence-corrected chi connectivity index (χ3v) is 3.03. The Bertz CT molecular complexity index is 534. The second kappa shape index (κ2) is 5.89. The quantitative estimate of drug-likeness (QED) is 0.896. The molecule has 4 nitrogen and oxygen atoms in total. The molecular formula is C15H21N3O. The van der Waals surface area contributed by atoms with Crippen molar-refractivity contribution in [2.75, 3.05) is 7.05 Å². The summed E-state index contributed by atoms with van der Waals surface area (Å²) in [5.41, 5.74) is 2.24. The Morgan fingerprint density at radius 2 is 2.00 bits per heavy atom. The molecule has 1 N–H and O–H groups in total. The Morgan fingerprint density at radius 1 is 1.26 bits per heavy atom. The summed E-state index contributed by atoms with van der Waals surface area (Å²) in [7, 11) is 3.95. The van der Waals surface area contributed by atoms with Crippen molar-refractivity contribution in [1.82, 2.24) is 14.9 Å². The minimum absolute atomic E-state index is 0.0717. The van der Waals surface area contributed by atoms with Crippen LogP contribution in [0.5, 0.6) is 5.75 Å². The Morgan fingerprint density at radius 3 is 2.58 bits per heavy atom. The van der Waals surface area contributed by atoms with Crippen molar-refractivity contribution in [3.8, 4) is 5.75 Å². The number of nitrogens with zero attached hydrogens (tertiary/aromatic N) is 2. The summed E-state index contributed by atoms with van der Waals surface area (Å²) in [5, 5.41) is 3.33. The third kappa shape index (κ3) is 2.96. The minimum atomic E-state index is 0.0717. The van der Waals surface area contributed by atoms with E-state index in [4.69, 9.17) is 4.74 Å². The Hall–Kier alpha value is -1.81. The van der Waals surface area contributed by atoms with Gasteiger partial charge in [-0.3, -0.25) is 0 Å². The third-order valence-electron chi connectivity index (χ3n) is 3.03. The van der Waals surface area contributed by atoms with E-state index in [0.717, 1.165) is 17.0 Å². The monoisotopic (exact) mass is 259 g/mol. The summed E-state index contributed by atoms with van der Waals surface area (Å²) in [6.07, 6.45) is 3.85. The van der Waals surface area contributed by atoms with Gasteiger partial charge in [-0.1, -0.05) is 18.2 Å². The predicted molar refractivity (Wildman–Crippen MR) is 76.3 cm³/mol. The lowest BCUT2D eigenvalue weighted by Crippen LogP contribution is -2.21. The van der Waals surface area contributed by atoms with Crippen molar-refractivity contribution in [3.05, 3.63) is 48.0 Å². The van der Waals surface area contributed by atoms with E-state index < -0.39 is 0 Å². The van der Waals surface area contributed by atoms with E-state index in [1.54, 1.807) is 0 Å². The highest BCUT2D eigenvalue weighted by atomic mass is 16.5. The molecule has 0 saturated heterocycles. The van der Waals surface area contributed by atoms with Crippen LogP contribution in [0, 0.1) is 0 Å². The van der Waals surface area contributed by atoms with E-state index in [9.17, 15) is 0 Å². The van der Waals surface area contributed by atoms with Gasteiger partial charge in [0.1, 0.15) is 5.75 Å². The van der Waals surface area contributed by atoms with Gasteiger partial charge in [-0.2, -0.15) is 0 Å². The Kier molecular flexibility index (Phi) is 4.22. The molecule has 0 amide bonds. The highest BCUT2D eigenvalue weighted by molar-refractivity contribution is 5.39. The smallest absolute Gasteiger partial charge is 0.124 e. The number of rotatable bonds is 5. The van der Waals surface area contributed by atoms with Crippen LogP contribution in [-0.2, 0) is 7.05 Å². The molecule has 1 heterocycles. The van der Waals surface area contributed by atoms with Crippen LogP contribution < -0.4 is 10.1 Å². The van der Waals surface area contributed by atoms with Gasteiger partial charge in [-0.05, 0) is 27.0 Å². The molecule has 0 spiro atoms. The number of nitrogens with one attached hydrogen (secondary N) is 1. The fourth-order valence-corrected chi connectivity index (χ4v) is 2.19. The maximum absolute atomic E-state index is 5.90. The highest BCUT2D eigenvalue weighted by Crippen LogP contribution is 2.30. The summed E-state index contributed by atoms with van der Waals surface area (Å²) in [6, 6.07) is 8.20. The number of hydrogen-bond donors (Lipinski definition) is 1. The van der Waals surface area contributed by atoms with E-state index >= 15 is 0 Å². The molecule has 1 unspecified atom stereocenters. The molecule has 0 radical (unpaired) electrons. The Labute approximate surface area is 114 Å². The molecule has 0 aliphatic heterocycles. The molecule has 1 atom stereocenters. The van der Waals surface area contributed by atoms with Crippen molar-refractivity contribution >= 4 is 0 Å². The summed E-state index contributed by atoms with van der Waals surface area (Å²) >= 11 is 0. The Balaban J connectivity index is 2.41. The first kappa shape index (κ1) is 13.6. The van der Waals surface area contributed by atoms with Crippen LogP contribution in [0.15, 0.2) is 36.8 Å². The van der Waals surface area contributed by atoms with Crippen molar-refractivity contribution in [1.29, 1.82) is 0 Å². The van der Waals surface area contributed by atoms with Crippen molar-refractivity contribution in [2.45, 2.75) is 26.0 Å². The van der Waals surface area contributed by atoms with Crippen LogP contribution >= 0.6 is 0 Å². The van der Waals surface area contributed by atoms with Gasteiger partial charge in [0.25, 0.3) is 0 Å². The van der Waals surface area contributed by atoms with E-state index in [-0.39, 0.29) is 12.1 Å². The van der Waals surface area contributed by atoms with E-state index in [1.165, 1.54) is 0 Å². The lowest BCUT2D eigenvalue weighted by atomic mass is 10.0. The predicted octanol–water partition coefficient (Wildman–Crippen LogP) is 2.52. The molecule has 0 aliphatic carbocycles. The first-order valence-electron chi connectivity index (χ1n) is 6.52. The first-order valence-corrected chi connectivity index (χ1v) is 6.52. The lowest BCUT2D eigenvalue weighted by Gasteiger charge is -2.21. The largest absolute Gasteiger partial charge is 0.491 e. The summed E-state index contributed by atoms with van der Waals surface area (Å²) in [5.74, 6) is 0.915. The second-order valence-electron chi connectivity index (χ2n) is 4.86. The number of aromatic nitrogens is 2. The van der Waals surface area contributed by atoms with Gasteiger partial charge < -0.3 is 14.6 Å². The zero-order valence-corrected chi connectivity index (χ0v) is 11.9. The van der Waals surface area contributed by atoms with Crippen molar-refractivity contribution < 1.29 is 4.74 Å². The van der Waals surface area contributed by atoms with Crippen LogP contribution in [0.25, 0.3) is 0 Å². The van der Waals surface area contributed by atoms with E-state index in [2.05, 4.69) is 16.4 Å². The second-order valence-corrected chi connectivity index (χ2v) is 4.86. The van der Waals surface area contributed by atoms with Gasteiger partial charge in [-0.25, -0.2) is 4.98 Å². The maximum atomic E-state index is 5.90. The number of benzene rings is 1. The molecule has 1 aromatic carbocycles. The molecule has 2 aromatic rings. The van der Waals surface area contributed by atoms with Crippen LogP contribution in [0.2, 0.25) is 0 Å². The normalized spacial score (nSPS) is 12.7. The summed E-state index contributed by atoms with van der Waals surface area (Å²) in [6.45, 7) is 4.07. The van der Waals surface area contributed by atoms with Gasteiger partial charge in [0.15, 0.2) is 0 Å². The number of para-hydroxylation sites is 1. The molecule has 0 saturated carbocycles. The highest BCUT2D eigenvalue weighted by Gasteiger charge is 2.19. The van der Waals surface area contributed by atoms with Crippen molar-refractivity contribution in [3.63, 3.8) is 0 Å². The van der Waals surface area contributed by atoms with E-state index in [0.29, 0.717) is 0 Å². The average molecular weight is 259 g/mol. The molecule has 2 rings (SSSR count). The summed E-state index contributed by atoms with van der Waals surface area (Å²) < 4.78 is 7.92. The van der Waals surface area contributed by atoms with E-state index in [1.807, 2.05) is 63.2 Å². The summed E-state index contributed by atoms with van der Waals surface area (Å²) in [4.78, 5) is 4.19. The number of ether oxygens (including phenoxy) is 1. The van der Waals surface area contributed by atoms with Crippen LogP contribution in [0.4, 0.5) is 0 Å². The molecule has 0 fully saturated rings. The van der Waals surface area contributed by atoms with Crippen LogP contribution in [0.1, 0.15) is 31.1 Å². The topological polar surface area (TPSA) is 39.1 Å². The average Bonchev–Trinajstić information content (AvgIpc) is 2.78. The standard InChI is InChI=1S/C15H21N3O/c1-11(2)19-14-8-6-5-7-12(14)15(16-3)13-9-17-10-18(13)4/h5-11,15-16H,1-4H3. The fraction of sp³-hybridized carbons (Fsp3) is 0.400. The number of aryl methyl sites for hydroxylation is 1. The molecular weight excluding hydrogens is 238 g/mol. The SMILES string of the molecule is CNC(c1ccccc1OC(C)C)c1cncn1C. The van der Waals surface area contributed by atoms with Crippen LogP contribution in [0.3, 0.4) is 0 Å². The number of imidazole rings is 1. The van der Waals surface area contributed by atoms with Gasteiger partial charge in [0.05, 0.1) is 30.4 Å². The molecule has 19 heavy (non-hydrogen) atoms. The van der Waals surface area contributed by atoms with Gasteiger partial charge >= 0.3 is 0 Å². The molecule has 1 aromatic heterocycles. The van der Waals surface area contributed by atoms with Gasteiger partial charge in [0.2, 0.25) is 0 Å². The zero-order valence-electron chi connectivity index (χ0n) is 11.9. The first-order chi connectivity index (χ1) is 9.13. The van der Waals surface area contributed by atoms with Crippen LogP contribution in [-0.4, -0.2) is 22.7 Å². The lowest BCUT2D eigenvalue weighted by molar-refractivity contribution is 0.238. The molecule has 0 aliphatic rings. The molecule has 4 heteroatoms. The number of hydrogen-bond acceptors (Lipinski definition) is 3. The minimum Gasteiger partial charge on any atom is -0.491 e.